The summed E-state index contributed by atoms with van der Waals surface area (Å²) in [7, 11) is -1.26. The minimum absolute atomic E-state index is 0. The Morgan fingerprint density at radius 3 is 1.17 bits per heavy atom. The Labute approximate surface area is 546 Å². The van der Waals surface area contributed by atoms with Crippen molar-refractivity contribution in [1.82, 2.24) is 26.6 Å². The van der Waals surface area contributed by atoms with Crippen LogP contribution in [0, 0.1) is 17.8 Å². The second-order valence-corrected chi connectivity index (χ2v) is 23.6. The van der Waals surface area contributed by atoms with Gasteiger partial charge in [-0.1, -0.05) is 54.9 Å². The van der Waals surface area contributed by atoms with E-state index in [1.54, 1.807) is 20.8 Å². The van der Waals surface area contributed by atoms with Gasteiger partial charge in [0.2, 0.25) is 29.5 Å². The van der Waals surface area contributed by atoms with E-state index in [4.69, 9.17) is 58.0 Å². The number of hydrogen-bond acceptors (Lipinski definition) is 28. The molecule has 34 nitrogen and oxygen atoms in total. The number of phosphoric ester groups is 1. The van der Waals surface area contributed by atoms with Crippen molar-refractivity contribution in [1.29, 1.82) is 0 Å². The van der Waals surface area contributed by atoms with Crippen LogP contribution in [-0.2, 0) is 85.0 Å². The van der Waals surface area contributed by atoms with Gasteiger partial charge in [-0.3, -0.25) is 33.0 Å². The average molecular weight is 1380 g/mol. The number of nitrogens with one attached hydrogen (secondary N) is 5. The Balaban J connectivity index is 0.00000469. The Hall–Kier alpha value is -3.34. The molecule has 0 aliphatic carbocycles. The minimum Gasteiger partial charge on any atom is -0.394 e. The number of nitrogens with two attached hydrogens (primary N) is 1. The molecule has 0 aromatic rings. The first-order chi connectivity index (χ1) is 43.9. The van der Waals surface area contributed by atoms with Crippen molar-refractivity contribution in [3.05, 3.63) is 0 Å². The van der Waals surface area contributed by atoms with E-state index >= 15 is 0 Å². The van der Waals surface area contributed by atoms with Gasteiger partial charge < -0.3 is 131 Å². The molecular weight excluding hydrogens is 1260 g/mol. The first kappa shape index (κ1) is 89.7. The van der Waals surface area contributed by atoms with Crippen molar-refractivity contribution in [3.63, 3.8) is 0 Å². The van der Waals surface area contributed by atoms with Crippen LogP contribution in [0.3, 0.4) is 0 Å². The number of ether oxygens (including phenoxy) is 10. The molecule has 5 amide bonds. The zero-order chi connectivity index (χ0) is 69.1. The van der Waals surface area contributed by atoms with Crippen LogP contribution in [0.4, 0.5) is 0 Å². The average Bonchev–Trinajstić information content (AvgIpc) is 0.983. The van der Waals surface area contributed by atoms with Gasteiger partial charge in [0.1, 0.15) is 55.3 Å². The van der Waals surface area contributed by atoms with Gasteiger partial charge in [-0.15, -0.1) is 0 Å². The van der Waals surface area contributed by atoms with E-state index in [1.807, 2.05) is 13.8 Å². The lowest BCUT2D eigenvalue weighted by molar-refractivity contribution is -0.282. The fraction of sp³-hybridized carbons (Fsp3) is 0.914. The summed E-state index contributed by atoms with van der Waals surface area (Å²) >= 11 is 0. The molecule has 35 heteroatoms. The van der Waals surface area contributed by atoms with E-state index in [2.05, 4.69) is 35.6 Å². The monoisotopic (exact) mass is 1370 g/mol. The number of unbranched alkanes of at least 4 members (excludes halogenated alkanes) is 3. The number of aliphatic hydroxyl groups excluding tert-OH is 9. The SMILES string of the molecule is C.CC.COCNC(=O)CC(=O)NC(COCCC(=O)NCCCO[C@@H]1OC(CO)[C@H](O)[C@H](O)C1C)(COCCC(=O)NCCCO[C@@H]1OC(CO)[C@H](O)[C@H](O)C1C)COCCC(=O)NCCCO[C@@H]1OC(CO)[C@H](O)[C@H](O)C1C.COP(=O)(O)OCCCCCCN. The van der Waals surface area contributed by atoms with Crippen molar-refractivity contribution < 1.29 is 136 Å². The van der Waals surface area contributed by atoms with Crippen LogP contribution in [0.1, 0.15) is 113 Å². The minimum atomic E-state index is -3.75. The number of aliphatic hydroxyl groups is 9. The molecule has 16 atom stereocenters. The summed E-state index contributed by atoms with van der Waals surface area (Å²) in [5.74, 6) is -4.37. The maximum Gasteiger partial charge on any atom is 0.471 e. The van der Waals surface area contributed by atoms with Crippen LogP contribution < -0.4 is 32.3 Å². The molecule has 550 valence electrons. The Morgan fingerprint density at radius 1 is 0.495 bits per heavy atom. The highest BCUT2D eigenvalue weighted by Crippen LogP contribution is 2.42. The fourth-order valence-electron chi connectivity index (χ4n) is 9.06. The molecule has 0 aromatic heterocycles. The third-order valence-electron chi connectivity index (χ3n) is 14.6. The summed E-state index contributed by atoms with van der Waals surface area (Å²) in [5.41, 5.74) is 3.76. The van der Waals surface area contributed by atoms with E-state index in [1.165, 1.54) is 7.11 Å². The zero-order valence-corrected chi connectivity index (χ0v) is 55.4. The van der Waals surface area contributed by atoms with E-state index < -0.39 is 161 Å². The predicted molar refractivity (Wildman–Crippen MR) is 332 cm³/mol. The van der Waals surface area contributed by atoms with Crippen molar-refractivity contribution in [2.24, 2.45) is 23.5 Å². The van der Waals surface area contributed by atoms with Gasteiger partial charge in [-0.05, 0) is 38.6 Å². The summed E-state index contributed by atoms with van der Waals surface area (Å²) < 4.78 is 76.0. The number of hydrogen-bond donors (Lipinski definition) is 16. The molecule has 3 saturated heterocycles. The molecule has 3 aliphatic rings. The highest BCUT2D eigenvalue weighted by atomic mass is 31.2. The van der Waals surface area contributed by atoms with Gasteiger partial charge in [-0.2, -0.15) is 0 Å². The number of methoxy groups -OCH3 is 1. The van der Waals surface area contributed by atoms with Crippen LogP contribution in [0.25, 0.3) is 0 Å². The summed E-state index contributed by atoms with van der Waals surface area (Å²) in [6.07, 6.45) is -9.28. The van der Waals surface area contributed by atoms with Crippen molar-refractivity contribution in [2.75, 3.05) is 133 Å². The molecule has 7 unspecified atom stereocenters. The number of rotatable bonds is 46. The summed E-state index contributed by atoms with van der Waals surface area (Å²) in [4.78, 5) is 73.1. The lowest BCUT2D eigenvalue weighted by Crippen LogP contribution is -2.59. The Kier molecular flexibility index (Phi) is 50.0. The summed E-state index contributed by atoms with van der Waals surface area (Å²) in [5, 5.41) is 103. The van der Waals surface area contributed by atoms with Crippen LogP contribution in [0.2, 0.25) is 0 Å². The van der Waals surface area contributed by atoms with E-state index in [0.29, 0.717) is 25.8 Å². The lowest BCUT2D eigenvalue weighted by atomic mass is 9.92. The topological polar surface area (TPSA) is 502 Å². The number of carbonyl (C=O) groups excluding carboxylic acids is 5. The Bertz CT molecular complexity index is 1870. The van der Waals surface area contributed by atoms with Crippen molar-refractivity contribution >= 4 is 37.4 Å². The van der Waals surface area contributed by atoms with Crippen molar-refractivity contribution in [2.45, 2.75) is 192 Å². The highest BCUT2D eigenvalue weighted by Gasteiger charge is 2.45. The molecule has 0 radical (unpaired) electrons. The van der Waals surface area contributed by atoms with Gasteiger partial charge >= 0.3 is 7.82 Å². The van der Waals surface area contributed by atoms with Crippen LogP contribution in [0.15, 0.2) is 0 Å². The molecule has 93 heavy (non-hydrogen) atoms. The fourth-order valence-corrected chi connectivity index (χ4v) is 9.52. The first-order valence-corrected chi connectivity index (χ1v) is 33.0. The molecule has 3 rings (SSSR count). The first-order valence-electron chi connectivity index (χ1n) is 31.5. The molecule has 0 aromatic carbocycles. The standard InChI is InChI=1S/C48H87N5O24.C7H18NO4P.C2H6.CH4/c1-28-39(62)42(65)31(21-54)75-45(28)72-14-5-11-49-34(57)8-17-69-24-48(53-38(61)20-37(60)52-27-68-4,25-70-18-9-35(58)50-12-6-15-73-46-29(2)40(63)43(66)32(22-55)76-46)26-71-19-10-36(59)51-13-7-16-74-47-30(3)41(64)44(67)33(23-56)77-47;1-11-13(9,10)12-7-5-3-2-4-6-8;1-2;/h28-33,39-47,54-56,62-67H,5-27H2,1-4H3,(H,49,57)(H,50,58)(H,51,59)(H,52,60)(H,53,61);2-8H2,1H3,(H,9,10);1-2H3;1H4/t28?,29?,30?,31?,32?,33?,39-,40-,41-,42+,43+,44+,45-,46-,47-,48?;;;/m1.../s1. The number of amides is 5. The molecule has 0 spiro atoms. The second kappa shape index (κ2) is 51.8. The maximum atomic E-state index is 13.4. The quantitative estimate of drug-likeness (QED) is 0.0124. The maximum absolute atomic E-state index is 13.4. The van der Waals surface area contributed by atoms with E-state index in [-0.39, 0.29) is 119 Å². The van der Waals surface area contributed by atoms with Crippen LogP contribution in [-0.4, -0.2) is 293 Å². The normalized spacial score (nSPS) is 27.3. The van der Waals surface area contributed by atoms with Crippen LogP contribution >= 0.6 is 7.82 Å². The van der Waals surface area contributed by atoms with E-state index in [0.717, 1.165) is 32.8 Å². The van der Waals surface area contributed by atoms with Crippen molar-refractivity contribution in [3.8, 4) is 0 Å². The smallest absolute Gasteiger partial charge is 0.394 e. The zero-order valence-electron chi connectivity index (χ0n) is 54.5. The Morgan fingerprint density at radius 2 is 0.849 bits per heavy atom. The number of phosphoric acid groups is 1. The largest absolute Gasteiger partial charge is 0.471 e. The molecule has 0 bridgehead atoms. The second-order valence-electron chi connectivity index (χ2n) is 22.1. The molecule has 3 aliphatic heterocycles. The van der Waals surface area contributed by atoms with Gasteiger partial charge in [0.05, 0.1) is 104 Å². The van der Waals surface area contributed by atoms with E-state index in [9.17, 15) is 74.5 Å². The molecule has 17 N–H and O–H groups in total. The molecular formula is C58H115N6O28P. The van der Waals surface area contributed by atoms with Gasteiger partial charge in [0, 0.05) is 70.9 Å². The third kappa shape index (κ3) is 36.2. The predicted octanol–water partition coefficient (Wildman–Crippen LogP) is -3.10. The number of carbonyl (C=O) groups is 5. The highest BCUT2D eigenvalue weighted by molar-refractivity contribution is 7.47. The summed E-state index contributed by atoms with van der Waals surface area (Å²) in [6, 6.07) is 0. The summed E-state index contributed by atoms with van der Waals surface area (Å²) in [6.45, 7) is 7.62. The molecule has 3 fully saturated rings. The third-order valence-corrected chi connectivity index (χ3v) is 15.6. The molecule has 3 heterocycles. The van der Waals surface area contributed by atoms with Gasteiger partial charge in [-0.25, -0.2) is 4.57 Å². The molecule has 0 saturated carbocycles. The van der Waals surface area contributed by atoms with Gasteiger partial charge in [0.25, 0.3) is 0 Å². The van der Waals surface area contributed by atoms with Crippen LogP contribution in [0.5, 0.6) is 0 Å². The van der Waals surface area contributed by atoms with Gasteiger partial charge in [0.15, 0.2) is 18.9 Å². The lowest BCUT2D eigenvalue weighted by Gasteiger charge is -2.40.